The molecule has 0 saturated carbocycles. The molecule has 0 rings (SSSR count). The van der Waals surface area contributed by atoms with E-state index in [9.17, 15) is 4.79 Å². The number of hydrogen-bond acceptors (Lipinski definition) is 1. The Kier molecular flexibility index (Phi) is 54.5. The van der Waals surface area contributed by atoms with Crippen molar-refractivity contribution < 1.29 is 9.90 Å². The van der Waals surface area contributed by atoms with Gasteiger partial charge in [-0.2, -0.15) is 0 Å². The summed E-state index contributed by atoms with van der Waals surface area (Å²) in [4.78, 5) is 9.86. The quantitative estimate of drug-likeness (QED) is 0.500. The maximum Gasteiger partial charge on any atom is 0.330 e. The second kappa shape index (κ2) is 31.5. The maximum atomic E-state index is 9.86. The van der Waals surface area contributed by atoms with Crippen LogP contribution in [0.5, 0.6) is 0 Å². The highest BCUT2D eigenvalue weighted by Crippen LogP contribution is 1.87. The van der Waals surface area contributed by atoms with Gasteiger partial charge in [-0.3, -0.25) is 0 Å². The molecule has 0 aromatic heterocycles. The number of allylic oxidation sites excluding steroid dienone is 1. The van der Waals surface area contributed by atoms with Gasteiger partial charge in [-0.05, 0) is 13.8 Å². The van der Waals surface area contributed by atoms with Crippen LogP contribution in [0.15, 0.2) is 51.1 Å². The number of carboxylic acids is 1. The summed E-state index contributed by atoms with van der Waals surface area (Å²) in [5.74, 6) is -0.845. The maximum absolute atomic E-state index is 9.86. The molecule has 2 heteroatoms. The van der Waals surface area contributed by atoms with Gasteiger partial charge < -0.3 is 5.11 Å². The summed E-state index contributed by atoms with van der Waals surface area (Å²) in [6.07, 6.45) is 1.56. The summed E-state index contributed by atoms with van der Waals surface area (Å²) in [6.45, 7) is 21.3. The van der Waals surface area contributed by atoms with E-state index in [1.54, 1.807) is 19.9 Å². The zero-order valence-electron chi connectivity index (χ0n) is 8.68. The Bertz CT molecular complexity index is 132. The van der Waals surface area contributed by atoms with Crippen molar-refractivity contribution in [2.75, 3.05) is 0 Å². The van der Waals surface area contributed by atoms with Crippen molar-refractivity contribution in [3.8, 4) is 0 Å². The lowest BCUT2D eigenvalue weighted by molar-refractivity contribution is -0.132. The van der Waals surface area contributed by atoms with Gasteiger partial charge in [0.05, 0.1) is 0 Å². The summed E-state index contributed by atoms with van der Waals surface area (Å²) in [6, 6.07) is 0. The Morgan fingerprint density at radius 2 is 1.31 bits per heavy atom. The standard InChI is InChI=1S/C5H8O2.3C2H4/c1-3-4(2)5(6)7;3*1-2/h3H,1-2H3,(H,6,7);3*1-2H2. The first kappa shape index (κ1) is 22.5. The fraction of sp³-hybridized carbons (Fsp3) is 0.182. The molecule has 0 unspecified atom stereocenters. The first-order valence-electron chi connectivity index (χ1n) is 3.54. The van der Waals surface area contributed by atoms with Gasteiger partial charge in [-0.1, -0.05) is 6.08 Å². The monoisotopic (exact) mass is 184 g/mol. The highest BCUT2D eigenvalue weighted by atomic mass is 16.4. The minimum Gasteiger partial charge on any atom is -0.478 e. The van der Waals surface area contributed by atoms with E-state index in [2.05, 4.69) is 39.5 Å². The highest BCUT2D eigenvalue weighted by Gasteiger charge is 1.93. The van der Waals surface area contributed by atoms with E-state index in [1.165, 1.54) is 0 Å². The van der Waals surface area contributed by atoms with Gasteiger partial charge in [-0.15, -0.1) is 39.5 Å². The van der Waals surface area contributed by atoms with Crippen molar-refractivity contribution in [2.24, 2.45) is 0 Å². The normalized spacial score (nSPS) is 7.08. The van der Waals surface area contributed by atoms with Gasteiger partial charge in [-0.25, -0.2) is 4.79 Å². The Balaban J connectivity index is -0.0000000573. The van der Waals surface area contributed by atoms with Crippen LogP contribution < -0.4 is 0 Å². The summed E-state index contributed by atoms with van der Waals surface area (Å²) in [5, 5.41) is 8.11. The van der Waals surface area contributed by atoms with E-state index < -0.39 is 5.97 Å². The Morgan fingerprint density at radius 3 is 1.31 bits per heavy atom. The van der Waals surface area contributed by atoms with Gasteiger partial charge >= 0.3 is 5.97 Å². The molecule has 0 bridgehead atoms. The van der Waals surface area contributed by atoms with Crippen molar-refractivity contribution in [2.45, 2.75) is 13.8 Å². The third-order valence-electron chi connectivity index (χ3n) is 0.770. The topological polar surface area (TPSA) is 37.3 Å². The van der Waals surface area contributed by atoms with Crippen molar-refractivity contribution in [1.29, 1.82) is 0 Å². The lowest BCUT2D eigenvalue weighted by Gasteiger charge is -1.84. The third kappa shape index (κ3) is 37.8. The van der Waals surface area contributed by atoms with Crippen LogP contribution in [0.25, 0.3) is 0 Å². The molecule has 1 N–H and O–H groups in total. The van der Waals surface area contributed by atoms with E-state index in [4.69, 9.17) is 5.11 Å². The van der Waals surface area contributed by atoms with Gasteiger partial charge in [0, 0.05) is 5.57 Å². The van der Waals surface area contributed by atoms with Crippen molar-refractivity contribution >= 4 is 5.97 Å². The summed E-state index contributed by atoms with van der Waals surface area (Å²) >= 11 is 0. The average molecular weight is 184 g/mol. The van der Waals surface area contributed by atoms with Gasteiger partial charge in [0.15, 0.2) is 0 Å². The molecule has 0 saturated heterocycles. The molecule has 0 aromatic rings. The summed E-state index contributed by atoms with van der Waals surface area (Å²) in [7, 11) is 0. The van der Waals surface area contributed by atoms with E-state index >= 15 is 0 Å². The summed E-state index contributed by atoms with van der Waals surface area (Å²) < 4.78 is 0. The zero-order chi connectivity index (χ0) is 11.9. The molecule has 0 spiro atoms. The first-order valence-corrected chi connectivity index (χ1v) is 3.54. The lowest BCUT2D eigenvalue weighted by Crippen LogP contribution is -1.93. The SMILES string of the molecule is C=C.C=C.C=C.CC=C(C)C(=O)O. The van der Waals surface area contributed by atoms with E-state index in [1.807, 2.05) is 0 Å². The zero-order valence-corrected chi connectivity index (χ0v) is 8.68. The minimum absolute atomic E-state index is 0.389. The lowest BCUT2D eigenvalue weighted by atomic mass is 10.3. The van der Waals surface area contributed by atoms with E-state index in [0.717, 1.165) is 0 Å². The van der Waals surface area contributed by atoms with Gasteiger partial charge in [0.25, 0.3) is 0 Å². The van der Waals surface area contributed by atoms with Crippen LogP contribution in [0.2, 0.25) is 0 Å². The molecule has 0 atom stereocenters. The molecule has 0 amide bonds. The Hall–Kier alpha value is -1.57. The van der Waals surface area contributed by atoms with Crippen LogP contribution in [0.3, 0.4) is 0 Å². The Morgan fingerprint density at radius 1 is 1.08 bits per heavy atom. The fourth-order valence-corrected chi connectivity index (χ4v) is 0.123. The first-order chi connectivity index (χ1) is 6.18. The molecule has 0 aromatic carbocycles. The van der Waals surface area contributed by atoms with Crippen molar-refractivity contribution in [3.05, 3.63) is 51.1 Å². The molecule has 0 radical (unpaired) electrons. The third-order valence-corrected chi connectivity index (χ3v) is 0.770. The molecule has 76 valence electrons. The predicted molar refractivity (Wildman–Crippen MR) is 60.8 cm³/mol. The molecular formula is C11H20O2. The molecule has 0 aliphatic rings. The minimum atomic E-state index is -0.845. The number of carbonyl (C=O) groups is 1. The van der Waals surface area contributed by atoms with Crippen LogP contribution in [0.1, 0.15) is 13.8 Å². The van der Waals surface area contributed by atoms with Crippen LogP contribution in [0.4, 0.5) is 0 Å². The predicted octanol–water partition coefficient (Wildman–Crippen LogP) is 3.44. The smallest absolute Gasteiger partial charge is 0.330 e. The van der Waals surface area contributed by atoms with Crippen molar-refractivity contribution in [3.63, 3.8) is 0 Å². The van der Waals surface area contributed by atoms with Crippen molar-refractivity contribution in [1.82, 2.24) is 0 Å². The van der Waals surface area contributed by atoms with E-state index in [-0.39, 0.29) is 0 Å². The second-order valence-electron chi connectivity index (χ2n) is 1.28. The molecule has 13 heavy (non-hydrogen) atoms. The van der Waals surface area contributed by atoms with E-state index in [0.29, 0.717) is 5.57 Å². The molecule has 0 aliphatic carbocycles. The second-order valence-corrected chi connectivity index (χ2v) is 1.28. The number of aliphatic carboxylic acids is 1. The molecule has 0 aliphatic heterocycles. The van der Waals surface area contributed by atoms with Gasteiger partial charge in [0.1, 0.15) is 0 Å². The summed E-state index contributed by atoms with van der Waals surface area (Å²) in [5.41, 5.74) is 0.389. The van der Waals surface area contributed by atoms with Gasteiger partial charge in [0.2, 0.25) is 0 Å². The van der Waals surface area contributed by atoms with Crippen LogP contribution in [-0.2, 0) is 4.79 Å². The highest BCUT2D eigenvalue weighted by molar-refractivity contribution is 5.85. The molecule has 2 nitrogen and oxygen atoms in total. The average Bonchev–Trinajstić information content (AvgIpc) is 2.25. The molecular weight excluding hydrogens is 164 g/mol. The molecule has 0 fully saturated rings. The van der Waals surface area contributed by atoms with Crippen LogP contribution >= 0.6 is 0 Å². The molecule has 0 heterocycles. The number of hydrogen-bond donors (Lipinski definition) is 1. The fourth-order valence-electron chi connectivity index (χ4n) is 0.123. The largest absolute Gasteiger partial charge is 0.478 e. The number of carboxylic acid groups (broad SMARTS) is 1. The van der Waals surface area contributed by atoms with Crippen LogP contribution in [0, 0.1) is 0 Å². The Labute approximate surface area is 81.6 Å². The van der Waals surface area contributed by atoms with Crippen LogP contribution in [-0.4, -0.2) is 11.1 Å². The number of rotatable bonds is 1.